The van der Waals surface area contributed by atoms with E-state index >= 15 is 4.39 Å². The number of aliphatic hydroxyl groups is 3. The topological polar surface area (TPSA) is 60.7 Å². The number of alkyl halides is 1. The average Bonchev–Trinajstić information content (AvgIpc) is 2.34. The molecule has 0 saturated heterocycles. The smallest absolute Gasteiger partial charge is 0.170 e. The molecule has 0 heterocycles. The molecule has 0 unspecified atom stereocenters. The van der Waals surface area contributed by atoms with Gasteiger partial charge in [-0.05, 0) is 37.0 Å². The van der Waals surface area contributed by atoms with Crippen LogP contribution in [-0.2, 0) is 0 Å². The summed E-state index contributed by atoms with van der Waals surface area (Å²) >= 11 is 0. The van der Waals surface area contributed by atoms with Crippen LogP contribution in [0, 0.1) is 16.7 Å². The summed E-state index contributed by atoms with van der Waals surface area (Å²) in [6.45, 7) is 4.78. The van der Waals surface area contributed by atoms with Gasteiger partial charge in [-0.1, -0.05) is 27.2 Å². The number of rotatable bonds is 2. The van der Waals surface area contributed by atoms with Crippen molar-refractivity contribution < 1.29 is 19.7 Å². The van der Waals surface area contributed by atoms with Gasteiger partial charge in [-0.15, -0.1) is 0 Å². The standard InChI is InChI=1S/C15H27FO3/c1-12(2)6-4-7-13(3)11(12)5-8-14(19,9-17)15(13,16)10-18/h11,17-19H,4-10H2,1-3H3/t11-,13-,14-,15-/m0/s1. The fourth-order valence-corrected chi connectivity index (χ4v) is 4.95. The van der Waals surface area contributed by atoms with Gasteiger partial charge in [-0.25, -0.2) is 4.39 Å². The van der Waals surface area contributed by atoms with Gasteiger partial charge in [0.2, 0.25) is 0 Å². The van der Waals surface area contributed by atoms with Crippen LogP contribution < -0.4 is 0 Å². The van der Waals surface area contributed by atoms with E-state index in [1.165, 1.54) is 0 Å². The summed E-state index contributed by atoms with van der Waals surface area (Å²) in [5, 5.41) is 29.6. The fourth-order valence-electron chi connectivity index (χ4n) is 4.95. The van der Waals surface area contributed by atoms with Crippen molar-refractivity contribution in [1.82, 2.24) is 0 Å². The Morgan fingerprint density at radius 3 is 2.21 bits per heavy atom. The number of hydrogen-bond acceptors (Lipinski definition) is 3. The second-order valence-electron chi connectivity index (χ2n) is 7.50. The minimum atomic E-state index is -2.13. The molecule has 0 aromatic heterocycles. The van der Waals surface area contributed by atoms with Gasteiger partial charge in [0, 0.05) is 5.41 Å². The van der Waals surface area contributed by atoms with Crippen LogP contribution in [0.15, 0.2) is 0 Å². The van der Waals surface area contributed by atoms with E-state index in [1.807, 2.05) is 6.92 Å². The van der Waals surface area contributed by atoms with E-state index in [-0.39, 0.29) is 17.8 Å². The Hall–Kier alpha value is -0.190. The van der Waals surface area contributed by atoms with Gasteiger partial charge in [0.1, 0.15) is 5.60 Å². The quantitative estimate of drug-likeness (QED) is 0.722. The third-order valence-electron chi connectivity index (χ3n) is 6.20. The molecule has 0 amide bonds. The number of fused-ring (bicyclic) bond motifs is 1. The predicted octanol–water partition coefficient (Wildman–Crippen LogP) is 2.04. The molecule has 2 saturated carbocycles. The van der Waals surface area contributed by atoms with Crippen molar-refractivity contribution >= 4 is 0 Å². The zero-order chi connectivity index (χ0) is 14.5. The van der Waals surface area contributed by atoms with Crippen LogP contribution in [0.3, 0.4) is 0 Å². The molecule has 3 N–H and O–H groups in total. The molecule has 0 aromatic rings. The lowest BCUT2D eigenvalue weighted by atomic mass is 9.44. The van der Waals surface area contributed by atoms with Crippen molar-refractivity contribution in [3.63, 3.8) is 0 Å². The Morgan fingerprint density at radius 2 is 1.68 bits per heavy atom. The summed E-state index contributed by atoms with van der Waals surface area (Å²) in [7, 11) is 0. The number of aliphatic hydroxyl groups excluding tert-OH is 2. The Balaban J connectivity index is 2.50. The van der Waals surface area contributed by atoms with Crippen LogP contribution >= 0.6 is 0 Å². The van der Waals surface area contributed by atoms with E-state index in [0.717, 1.165) is 12.8 Å². The molecule has 0 aliphatic heterocycles. The van der Waals surface area contributed by atoms with Gasteiger partial charge in [0.15, 0.2) is 5.67 Å². The van der Waals surface area contributed by atoms with E-state index in [4.69, 9.17) is 0 Å². The molecule has 19 heavy (non-hydrogen) atoms. The molecular formula is C15H27FO3. The molecule has 3 nitrogen and oxygen atoms in total. The minimum Gasteiger partial charge on any atom is -0.393 e. The van der Waals surface area contributed by atoms with Crippen molar-refractivity contribution in [2.75, 3.05) is 13.2 Å². The highest BCUT2D eigenvalue weighted by atomic mass is 19.1. The summed E-state index contributed by atoms with van der Waals surface area (Å²) in [4.78, 5) is 0. The summed E-state index contributed by atoms with van der Waals surface area (Å²) in [6, 6.07) is 0. The molecule has 2 aliphatic rings. The zero-order valence-electron chi connectivity index (χ0n) is 12.2. The average molecular weight is 274 g/mol. The van der Waals surface area contributed by atoms with Gasteiger partial charge >= 0.3 is 0 Å². The van der Waals surface area contributed by atoms with Crippen LogP contribution in [-0.4, -0.2) is 39.8 Å². The van der Waals surface area contributed by atoms with E-state index in [0.29, 0.717) is 12.8 Å². The summed E-state index contributed by atoms with van der Waals surface area (Å²) in [6.07, 6.45) is 3.51. The predicted molar refractivity (Wildman–Crippen MR) is 71.4 cm³/mol. The molecule has 4 heteroatoms. The maximum atomic E-state index is 15.6. The molecule has 112 valence electrons. The molecule has 2 fully saturated rings. The summed E-state index contributed by atoms with van der Waals surface area (Å²) < 4.78 is 15.6. The van der Waals surface area contributed by atoms with Gasteiger partial charge < -0.3 is 15.3 Å². The third kappa shape index (κ3) is 1.79. The second-order valence-corrected chi connectivity index (χ2v) is 7.50. The summed E-state index contributed by atoms with van der Waals surface area (Å²) in [5.74, 6) is 0.123. The first-order valence-corrected chi connectivity index (χ1v) is 7.30. The van der Waals surface area contributed by atoms with Crippen molar-refractivity contribution in [3.05, 3.63) is 0 Å². The normalized spacial score (nSPS) is 49.7. The minimum absolute atomic E-state index is 0.0102. The molecule has 2 aliphatic carbocycles. The largest absolute Gasteiger partial charge is 0.393 e. The Labute approximate surface area is 114 Å². The SMILES string of the molecule is CC1(C)CCC[C@@]2(C)[C@H]1CC[C@](O)(CO)[C@]2(F)CO. The molecule has 2 rings (SSSR count). The van der Waals surface area contributed by atoms with Crippen molar-refractivity contribution in [2.24, 2.45) is 16.7 Å². The molecule has 0 spiro atoms. The maximum absolute atomic E-state index is 15.6. The Morgan fingerprint density at radius 1 is 1.05 bits per heavy atom. The highest BCUT2D eigenvalue weighted by Gasteiger charge is 2.69. The van der Waals surface area contributed by atoms with Gasteiger partial charge in [0.25, 0.3) is 0 Å². The first-order valence-electron chi connectivity index (χ1n) is 7.30. The monoisotopic (exact) mass is 274 g/mol. The Bertz CT molecular complexity index is 359. The van der Waals surface area contributed by atoms with Crippen LogP contribution in [0.4, 0.5) is 4.39 Å². The maximum Gasteiger partial charge on any atom is 0.170 e. The number of halogens is 1. The number of hydrogen-bond donors (Lipinski definition) is 3. The van der Waals surface area contributed by atoms with Crippen LogP contribution in [0.25, 0.3) is 0 Å². The molecule has 4 atom stereocenters. The first kappa shape index (κ1) is 15.2. The lowest BCUT2D eigenvalue weighted by molar-refractivity contribution is -0.264. The summed E-state index contributed by atoms with van der Waals surface area (Å²) in [5.41, 5.74) is -4.72. The Kier molecular flexibility index (Phi) is 3.52. The molecule has 0 bridgehead atoms. The van der Waals surface area contributed by atoms with Crippen molar-refractivity contribution in [3.8, 4) is 0 Å². The van der Waals surface area contributed by atoms with Crippen molar-refractivity contribution in [2.45, 2.75) is 64.1 Å². The zero-order valence-corrected chi connectivity index (χ0v) is 12.2. The van der Waals surface area contributed by atoms with Gasteiger partial charge in [-0.2, -0.15) is 0 Å². The van der Waals surface area contributed by atoms with Crippen molar-refractivity contribution in [1.29, 1.82) is 0 Å². The molecule has 0 radical (unpaired) electrons. The lowest BCUT2D eigenvalue weighted by Crippen LogP contribution is -2.71. The molecule has 0 aromatic carbocycles. The first-order chi connectivity index (χ1) is 8.67. The highest BCUT2D eigenvalue weighted by Crippen LogP contribution is 2.64. The lowest BCUT2D eigenvalue weighted by Gasteiger charge is -2.63. The van der Waals surface area contributed by atoms with E-state index in [1.54, 1.807) is 0 Å². The van der Waals surface area contributed by atoms with Crippen LogP contribution in [0.5, 0.6) is 0 Å². The fraction of sp³-hybridized carbons (Fsp3) is 1.00. The third-order valence-corrected chi connectivity index (χ3v) is 6.20. The van der Waals surface area contributed by atoms with Crippen LogP contribution in [0.1, 0.15) is 52.9 Å². The highest BCUT2D eigenvalue weighted by molar-refractivity contribution is 5.17. The van der Waals surface area contributed by atoms with E-state index < -0.39 is 29.9 Å². The van der Waals surface area contributed by atoms with E-state index in [2.05, 4.69) is 13.8 Å². The van der Waals surface area contributed by atoms with Crippen LogP contribution in [0.2, 0.25) is 0 Å². The molecular weight excluding hydrogens is 247 g/mol. The van der Waals surface area contributed by atoms with E-state index in [9.17, 15) is 15.3 Å². The second kappa shape index (κ2) is 4.40. The van der Waals surface area contributed by atoms with Gasteiger partial charge in [-0.3, -0.25) is 0 Å². The van der Waals surface area contributed by atoms with Gasteiger partial charge in [0.05, 0.1) is 13.2 Å².